The van der Waals surface area contributed by atoms with Crippen molar-refractivity contribution in [3.8, 4) is 0 Å². The van der Waals surface area contributed by atoms with Gasteiger partial charge >= 0.3 is 0 Å². The van der Waals surface area contributed by atoms with Crippen molar-refractivity contribution < 1.29 is 9.59 Å². The average Bonchev–Trinajstić information content (AvgIpc) is 3.03. The fourth-order valence-electron chi connectivity index (χ4n) is 2.82. The number of carbonyl (C=O) groups is 2. The minimum atomic E-state index is 0.0768. The number of amides is 1. The highest BCUT2D eigenvalue weighted by Crippen LogP contribution is 2.14. The van der Waals surface area contributed by atoms with Crippen LogP contribution in [0.5, 0.6) is 0 Å². The molecule has 0 radical (unpaired) electrons. The second-order valence-corrected chi connectivity index (χ2v) is 6.03. The lowest BCUT2D eigenvalue weighted by atomic mass is 10.1. The monoisotopic (exact) mass is 291 g/mol. The normalized spacial score (nSPS) is 15.0. The van der Waals surface area contributed by atoms with E-state index in [1.54, 1.807) is 0 Å². The van der Waals surface area contributed by atoms with Crippen LogP contribution in [0.2, 0.25) is 0 Å². The molecule has 1 amide bonds. The molecule has 0 saturated carbocycles. The number of likely N-dealkylation sites (tertiary alicyclic amines) is 1. The molecule has 0 aromatic carbocycles. The van der Waals surface area contributed by atoms with E-state index >= 15 is 0 Å². The van der Waals surface area contributed by atoms with Gasteiger partial charge in [0, 0.05) is 37.1 Å². The van der Waals surface area contributed by atoms with Crippen molar-refractivity contribution in [3.05, 3.63) is 23.0 Å². The smallest absolute Gasteiger partial charge is 0.236 e. The number of likely N-dealkylation sites (N-methyl/N-ethyl adjacent to an activating group) is 1. The fraction of sp³-hybridized carbons (Fsp3) is 0.625. The molecule has 0 atom stereocenters. The molecule has 0 aliphatic carbocycles. The molecule has 5 heteroatoms. The Labute approximate surface area is 126 Å². The first kappa shape index (κ1) is 15.8. The third-order valence-electron chi connectivity index (χ3n) is 4.35. The van der Waals surface area contributed by atoms with Gasteiger partial charge in [0.1, 0.15) is 0 Å². The van der Waals surface area contributed by atoms with Crippen LogP contribution < -0.4 is 0 Å². The zero-order valence-corrected chi connectivity index (χ0v) is 13.5. The number of Topliss-reactive ketones (excluding diaryl/α,β-unsaturated/α-hetero) is 1. The topological polar surface area (TPSA) is 45.6 Å². The molecule has 1 aromatic heterocycles. The largest absolute Gasteiger partial charge is 0.351 e. The quantitative estimate of drug-likeness (QED) is 0.770. The SMILES string of the molecule is Cc1cc(C(=O)CN(C)CC(=O)N2CCCC2)c(C)n1C. The number of nitrogens with zero attached hydrogens (tertiary/aromatic N) is 3. The molecule has 1 fully saturated rings. The van der Waals surface area contributed by atoms with Gasteiger partial charge in [-0.25, -0.2) is 0 Å². The van der Waals surface area contributed by atoms with E-state index in [2.05, 4.69) is 0 Å². The third-order valence-corrected chi connectivity index (χ3v) is 4.35. The lowest BCUT2D eigenvalue weighted by Crippen LogP contribution is -2.39. The Morgan fingerprint density at radius 2 is 1.81 bits per heavy atom. The van der Waals surface area contributed by atoms with Crippen molar-refractivity contribution in [2.45, 2.75) is 26.7 Å². The predicted octanol–water partition coefficient (Wildman–Crippen LogP) is 1.38. The van der Waals surface area contributed by atoms with Crippen molar-refractivity contribution in [3.63, 3.8) is 0 Å². The van der Waals surface area contributed by atoms with Gasteiger partial charge in [-0.1, -0.05) is 0 Å². The van der Waals surface area contributed by atoms with Crippen LogP contribution in [0.25, 0.3) is 0 Å². The summed E-state index contributed by atoms with van der Waals surface area (Å²) in [4.78, 5) is 28.1. The van der Waals surface area contributed by atoms with Crippen LogP contribution >= 0.6 is 0 Å². The van der Waals surface area contributed by atoms with Crippen molar-refractivity contribution in [1.82, 2.24) is 14.4 Å². The number of rotatable bonds is 5. The van der Waals surface area contributed by atoms with Crippen molar-refractivity contribution in [1.29, 1.82) is 0 Å². The highest BCUT2D eigenvalue weighted by atomic mass is 16.2. The molecule has 0 spiro atoms. The first-order chi connectivity index (χ1) is 9.90. The number of aromatic nitrogens is 1. The summed E-state index contributed by atoms with van der Waals surface area (Å²) < 4.78 is 2.02. The zero-order valence-electron chi connectivity index (χ0n) is 13.5. The van der Waals surface area contributed by atoms with Crippen molar-refractivity contribution in [2.24, 2.45) is 7.05 Å². The maximum atomic E-state index is 12.4. The molecule has 0 unspecified atom stereocenters. The van der Waals surface area contributed by atoms with E-state index < -0.39 is 0 Å². The maximum absolute atomic E-state index is 12.4. The summed E-state index contributed by atoms with van der Waals surface area (Å²) in [6, 6.07) is 1.92. The molecule has 1 aliphatic heterocycles. The number of ketones is 1. The average molecular weight is 291 g/mol. The van der Waals surface area contributed by atoms with E-state index in [1.165, 1.54) is 0 Å². The molecule has 116 valence electrons. The van der Waals surface area contributed by atoms with Gasteiger partial charge in [0.15, 0.2) is 5.78 Å². The van der Waals surface area contributed by atoms with Gasteiger partial charge in [0.2, 0.25) is 5.91 Å². The van der Waals surface area contributed by atoms with E-state index in [4.69, 9.17) is 0 Å². The summed E-state index contributed by atoms with van der Waals surface area (Å²) in [6.45, 7) is 6.26. The third kappa shape index (κ3) is 3.53. The zero-order chi connectivity index (χ0) is 15.6. The van der Waals surface area contributed by atoms with Gasteiger partial charge in [0.25, 0.3) is 0 Å². The first-order valence-corrected chi connectivity index (χ1v) is 7.52. The van der Waals surface area contributed by atoms with Gasteiger partial charge < -0.3 is 9.47 Å². The van der Waals surface area contributed by atoms with Crippen LogP contribution in [0.4, 0.5) is 0 Å². The molecule has 1 aliphatic rings. The highest BCUT2D eigenvalue weighted by Gasteiger charge is 2.21. The van der Waals surface area contributed by atoms with Crippen molar-refractivity contribution in [2.75, 3.05) is 33.2 Å². The van der Waals surface area contributed by atoms with E-state index in [1.807, 2.05) is 48.4 Å². The molecule has 0 N–H and O–H groups in total. The molecule has 21 heavy (non-hydrogen) atoms. The molecule has 1 aromatic rings. The van der Waals surface area contributed by atoms with Crippen molar-refractivity contribution >= 4 is 11.7 Å². The lowest BCUT2D eigenvalue weighted by molar-refractivity contribution is -0.130. The summed E-state index contributed by atoms with van der Waals surface area (Å²) in [5.74, 6) is 0.205. The van der Waals surface area contributed by atoms with E-state index in [9.17, 15) is 9.59 Å². The van der Waals surface area contributed by atoms with Gasteiger partial charge in [0.05, 0.1) is 13.1 Å². The minimum absolute atomic E-state index is 0.0768. The van der Waals surface area contributed by atoms with Gasteiger partial charge in [-0.3, -0.25) is 14.5 Å². The number of hydrogen-bond donors (Lipinski definition) is 0. The predicted molar refractivity (Wildman–Crippen MR) is 82.5 cm³/mol. The standard InChI is InChI=1S/C16H25N3O2/c1-12-9-14(13(2)18(12)4)15(20)10-17(3)11-16(21)19-7-5-6-8-19/h9H,5-8,10-11H2,1-4H3. The van der Waals surface area contributed by atoms with E-state index in [0.717, 1.165) is 42.9 Å². The summed E-state index contributed by atoms with van der Waals surface area (Å²) in [5, 5.41) is 0. The molecule has 1 saturated heterocycles. The second kappa shape index (κ2) is 6.43. The summed E-state index contributed by atoms with van der Waals surface area (Å²) >= 11 is 0. The van der Waals surface area contributed by atoms with Gasteiger partial charge in [-0.2, -0.15) is 0 Å². The van der Waals surface area contributed by atoms with Crippen LogP contribution in [-0.2, 0) is 11.8 Å². The highest BCUT2D eigenvalue weighted by molar-refractivity contribution is 5.99. The molecular formula is C16H25N3O2. The van der Waals surface area contributed by atoms with Crippen LogP contribution in [0, 0.1) is 13.8 Å². The van der Waals surface area contributed by atoms with Crippen LogP contribution in [0.15, 0.2) is 6.07 Å². The van der Waals surface area contributed by atoms with Crippen LogP contribution in [0.3, 0.4) is 0 Å². The molecule has 5 nitrogen and oxygen atoms in total. The summed E-state index contributed by atoms with van der Waals surface area (Å²) in [6.07, 6.45) is 2.19. The van der Waals surface area contributed by atoms with E-state index in [0.29, 0.717) is 6.54 Å². The Morgan fingerprint density at radius 1 is 1.19 bits per heavy atom. The maximum Gasteiger partial charge on any atom is 0.236 e. The van der Waals surface area contributed by atoms with Gasteiger partial charge in [-0.15, -0.1) is 0 Å². The number of carbonyl (C=O) groups excluding carboxylic acids is 2. The van der Waals surface area contributed by atoms with Crippen LogP contribution in [0.1, 0.15) is 34.6 Å². The van der Waals surface area contributed by atoms with Gasteiger partial charge in [-0.05, 0) is 39.8 Å². The number of aryl methyl sites for hydroxylation is 1. The Morgan fingerprint density at radius 3 is 2.33 bits per heavy atom. The second-order valence-electron chi connectivity index (χ2n) is 6.03. The lowest BCUT2D eigenvalue weighted by Gasteiger charge is -2.20. The van der Waals surface area contributed by atoms with Crippen LogP contribution in [-0.4, -0.2) is 59.3 Å². The first-order valence-electron chi connectivity index (χ1n) is 7.52. The van der Waals surface area contributed by atoms with E-state index in [-0.39, 0.29) is 18.2 Å². The number of hydrogen-bond acceptors (Lipinski definition) is 3. The fourth-order valence-corrected chi connectivity index (χ4v) is 2.82. The molecule has 0 bridgehead atoms. The summed E-state index contributed by atoms with van der Waals surface area (Å²) in [7, 11) is 3.79. The summed E-state index contributed by atoms with van der Waals surface area (Å²) in [5.41, 5.74) is 2.82. The molecule has 2 rings (SSSR count). The Hall–Kier alpha value is -1.62. The minimum Gasteiger partial charge on any atom is -0.351 e. The Kier molecular flexibility index (Phi) is 4.83. The Balaban J connectivity index is 1.92. The Bertz CT molecular complexity index is 542. The molecule has 2 heterocycles. The molecular weight excluding hydrogens is 266 g/mol.